The molecule has 11 aromatic rings. The first kappa shape index (κ1) is 51.7. The van der Waals surface area contributed by atoms with E-state index >= 15 is 0 Å². The maximum Gasteiger partial charge on any atom is 0.187 e. The van der Waals surface area contributed by atoms with Crippen LogP contribution in [0, 0.1) is 18.8 Å². The number of nitrogens with zero attached hydrogens (tertiary/aromatic N) is 5. The van der Waals surface area contributed by atoms with Crippen LogP contribution in [0.3, 0.4) is 0 Å². The molecule has 0 aliphatic carbocycles. The fourth-order valence-corrected chi connectivity index (χ4v) is 12.3. The smallest absolute Gasteiger partial charge is 0.187 e. The van der Waals surface area contributed by atoms with Gasteiger partial charge in [-0.1, -0.05) is 191 Å². The normalized spacial score (nSPS) is 17.4. The van der Waals surface area contributed by atoms with Crippen LogP contribution >= 0.6 is 0 Å². The molecule has 6 nitrogen and oxygen atoms in total. The van der Waals surface area contributed by atoms with Crippen molar-refractivity contribution in [1.29, 1.82) is 0 Å². The van der Waals surface area contributed by atoms with Crippen molar-refractivity contribution in [2.45, 2.75) is 105 Å². The Morgan fingerprint density at radius 1 is 0.500 bits per heavy atom. The van der Waals surface area contributed by atoms with Gasteiger partial charge in [-0.3, -0.25) is 4.48 Å². The molecule has 3 aromatic heterocycles. The minimum atomic E-state index is -0.0715. The summed E-state index contributed by atoms with van der Waals surface area (Å²) in [5, 5.41) is 4.54. The van der Waals surface area contributed by atoms with Gasteiger partial charge in [-0.05, 0) is 96.9 Å². The quantitative estimate of drug-likeness (QED) is 0.118. The third-order valence-electron chi connectivity index (χ3n) is 16.6. The Labute approximate surface area is 475 Å². The molecule has 0 saturated carbocycles. The van der Waals surface area contributed by atoms with E-state index in [2.05, 4.69) is 281 Å². The molecule has 14 rings (SSSR count). The number of rotatable bonds is 7. The van der Waals surface area contributed by atoms with Crippen LogP contribution < -0.4 is 13.7 Å². The molecular weight excluding hydrogens is 1130 g/mol. The van der Waals surface area contributed by atoms with Crippen molar-refractivity contribution < 1.29 is 25.8 Å². The van der Waals surface area contributed by atoms with Gasteiger partial charge >= 0.3 is 0 Å². The van der Waals surface area contributed by atoms with E-state index in [1.54, 1.807) is 0 Å². The molecule has 3 aliphatic heterocycles. The van der Waals surface area contributed by atoms with Crippen LogP contribution in [0.15, 0.2) is 176 Å². The summed E-state index contributed by atoms with van der Waals surface area (Å²) in [4.78, 5) is 5.03. The number of para-hydroxylation sites is 4. The Kier molecular flexibility index (Phi) is 11.9. The maximum atomic E-state index is 7.41. The summed E-state index contributed by atoms with van der Waals surface area (Å²) in [5.41, 5.74) is 17.5. The van der Waals surface area contributed by atoms with Crippen molar-refractivity contribution in [2.75, 3.05) is 6.67 Å². The van der Waals surface area contributed by atoms with Gasteiger partial charge in [0.2, 0.25) is 0 Å². The van der Waals surface area contributed by atoms with Crippen molar-refractivity contribution in [1.82, 2.24) is 23.1 Å². The van der Waals surface area contributed by atoms with Crippen LogP contribution in [0.4, 0.5) is 22.7 Å². The van der Waals surface area contributed by atoms with Gasteiger partial charge < -0.3 is 18.4 Å². The summed E-state index contributed by atoms with van der Waals surface area (Å²) in [6.07, 6.45) is 1.93. The van der Waals surface area contributed by atoms with Crippen molar-refractivity contribution in [2.24, 2.45) is 0 Å². The Morgan fingerprint density at radius 2 is 1.05 bits per heavy atom. The van der Waals surface area contributed by atoms with E-state index in [9.17, 15) is 0 Å². The first-order valence-corrected chi connectivity index (χ1v) is 27.3. The van der Waals surface area contributed by atoms with E-state index < -0.39 is 0 Å². The minimum Gasteiger partial charge on any atom is -0.507 e. The first-order chi connectivity index (χ1) is 36.6. The Bertz CT molecular complexity index is 4110. The standard InChI is InChI=1S/C71H68N5O.Pt/c1-68(2,3)47-23-19-22-46(36-47)54-29-21-33-64-67(54)76(52-38-49(70(7,8)9)37-50(39-52)71(10,11)12)44-75(64,45-76)51-24-20-25-53(41-51)77-65-43-62-58(42-63(65)73-59-30-16-13-26-55(59)56-27-14-17-31-60(56)73)57-28-15-18-32-61(57)74(62)66-40-48(34-35-72-66)69(4,5)6;/h13-40,42,44H,45H2,1-12H3;/q-1;/t75-,76+;/m1./s1. The van der Waals surface area contributed by atoms with E-state index in [1.807, 2.05) is 6.20 Å². The molecule has 1 fully saturated rings. The molecule has 6 heterocycles. The summed E-state index contributed by atoms with van der Waals surface area (Å²) in [6.45, 7) is 31.0. The topological polar surface area (TPSA) is 32.0 Å². The Hall–Kier alpha value is -7.08. The summed E-state index contributed by atoms with van der Waals surface area (Å²) in [5.74, 6) is 2.06. The van der Waals surface area contributed by atoms with Gasteiger partial charge in [-0.2, -0.15) is 6.07 Å². The molecule has 2 bridgehead atoms. The summed E-state index contributed by atoms with van der Waals surface area (Å²) in [7, 11) is 0. The molecule has 394 valence electrons. The molecule has 1 saturated heterocycles. The van der Waals surface area contributed by atoms with Crippen LogP contribution in [-0.2, 0) is 42.7 Å². The molecule has 3 aliphatic rings. The molecule has 78 heavy (non-hydrogen) atoms. The number of quaternary nitrogens is 2. The molecular formula is C71H68N5OPt-. The molecule has 0 unspecified atom stereocenters. The third-order valence-corrected chi connectivity index (χ3v) is 16.6. The van der Waals surface area contributed by atoms with Crippen molar-refractivity contribution in [3.8, 4) is 34.1 Å². The number of pyridine rings is 1. The van der Waals surface area contributed by atoms with Crippen LogP contribution in [-0.4, -0.2) is 20.8 Å². The van der Waals surface area contributed by atoms with E-state index in [0.29, 0.717) is 20.5 Å². The number of hydrogen-bond acceptors (Lipinski definition) is 2. The second-order valence-electron chi connectivity index (χ2n) is 25.9. The number of fused-ring (bicyclic) bond motifs is 6. The minimum absolute atomic E-state index is 0. The molecule has 7 heteroatoms. The summed E-state index contributed by atoms with van der Waals surface area (Å²) >= 11 is 0. The van der Waals surface area contributed by atoms with Crippen molar-refractivity contribution >= 4 is 66.4 Å². The average Bonchev–Trinajstić information content (AvgIpc) is 2.91. The fraction of sp³-hybridized carbons (Fsp3) is 0.239. The zero-order chi connectivity index (χ0) is 53.6. The third kappa shape index (κ3) is 8.12. The second kappa shape index (κ2) is 18.0. The van der Waals surface area contributed by atoms with Crippen molar-refractivity contribution in [3.05, 3.63) is 217 Å². The van der Waals surface area contributed by atoms with Gasteiger partial charge in [0.1, 0.15) is 11.5 Å². The molecule has 0 radical (unpaired) electrons. The SMILES string of the molecule is CC(C)(C)c1cccc(-c2cccc3c2[N@@+]2(c4cc(C(C)(C)C)cc(C(C)(C)C)c4)[CH-][N@+]3(c3[c-]c(Oc4[c-]c5c(cc4-n4c6ccccc6c6ccccc64)c4ccccc4n5-c4cc(C(C)(C)C)ccn4)ccc3)C2)c1.[Pt]. The summed E-state index contributed by atoms with van der Waals surface area (Å²) < 4.78 is 13.2. The molecule has 8 aromatic carbocycles. The predicted molar refractivity (Wildman–Crippen MR) is 322 cm³/mol. The van der Waals surface area contributed by atoms with Crippen molar-refractivity contribution in [3.63, 3.8) is 0 Å². The van der Waals surface area contributed by atoms with Crippen LogP contribution in [0.5, 0.6) is 11.5 Å². The zero-order valence-electron chi connectivity index (χ0n) is 47.0. The summed E-state index contributed by atoms with van der Waals surface area (Å²) in [6, 6.07) is 70.5. The van der Waals surface area contributed by atoms with E-state index in [4.69, 9.17) is 9.72 Å². The molecule has 2 atom stereocenters. The van der Waals surface area contributed by atoms with Crippen LogP contribution in [0.1, 0.15) is 105 Å². The number of hydrogen-bond donors (Lipinski definition) is 0. The molecule has 0 amide bonds. The molecule has 0 N–H and O–H groups in total. The van der Waals surface area contributed by atoms with Gasteiger partial charge in [0, 0.05) is 95.5 Å². The van der Waals surface area contributed by atoms with Crippen LogP contribution in [0.25, 0.3) is 66.2 Å². The Morgan fingerprint density at radius 3 is 1.67 bits per heavy atom. The van der Waals surface area contributed by atoms with E-state index in [-0.39, 0.29) is 42.7 Å². The first-order valence-electron chi connectivity index (χ1n) is 27.3. The van der Waals surface area contributed by atoms with E-state index in [0.717, 1.165) is 56.7 Å². The number of aromatic nitrogens is 3. The fourth-order valence-electron chi connectivity index (χ4n) is 12.3. The average molecular weight is 1200 g/mol. The van der Waals surface area contributed by atoms with Gasteiger partial charge in [-0.25, -0.2) is 4.98 Å². The molecule has 0 spiro atoms. The van der Waals surface area contributed by atoms with Gasteiger partial charge in [-0.15, -0.1) is 24.3 Å². The van der Waals surface area contributed by atoms with E-state index in [1.165, 1.54) is 61.2 Å². The maximum absolute atomic E-state index is 7.41. The second-order valence-corrected chi connectivity index (χ2v) is 25.9. The Balaban J connectivity index is 0.00000609. The number of ether oxygens (including phenoxy) is 1. The van der Waals surface area contributed by atoms with Gasteiger partial charge in [0.05, 0.1) is 6.67 Å². The van der Waals surface area contributed by atoms with Gasteiger partial charge in [0.15, 0.2) is 18.0 Å². The monoisotopic (exact) mass is 1200 g/mol. The number of benzene rings is 8. The van der Waals surface area contributed by atoms with Crippen LogP contribution in [0.2, 0.25) is 0 Å². The predicted octanol–water partition coefficient (Wildman–Crippen LogP) is 18.9. The largest absolute Gasteiger partial charge is 0.507 e. The zero-order valence-corrected chi connectivity index (χ0v) is 49.3. The van der Waals surface area contributed by atoms with Gasteiger partial charge in [0.25, 0.3) is 0 Å².